The van der Waals surface area contributed by atoms with E-state index in [9.17, 15) is 14.9 Å². The van der Waals surface area contributed by atoms with Gasteiger partial charge in [0.15, 0.2) is 0 Å². The summed E-state index contributed by atoms with van der Waals surface area (Å²) in [7, 11) is 1.67. The van der Waals surface area contributed by atoms with Gasteiger partial charge >= 0.3 is 0 Å². The lowest BCUT2D eigenvalue weighted by Gasteiger charge is -2.34. The molecule has 0 aliphatic rings. The standard InChI is InChI=1S/C13H17ClN2O3/c1-9-7-10(16(18)19)5-6-11(9)12(17)15(4)13(2,3)8-14/h5-7H,8H2,1-4H3. The second-order valence-electron chi connectivity index (χ2n) is 5.07. The fourth-order valence-corrected chi connectivity index (χ4v) is 1.73. The summed E-state index contributed by atoms with van der Waals surface area (Å²) in [6, 6.07) is 4.22. The van der Waals surface area contributed by atoms with E-state index < -0.39 is 10.5 Å². The Morgan fingerprint density at radius 3 is 2.47 bits per heavy atom. The van der Waals surface area contributed by atoms with Crippen molar-refractivity contribution >= 4 is 23.2 Å². The van der Waals surface area contributed by atoms with Crippen LogP contribution in [-0.2, 0) is 0 Å². The number of nitro groups is 1. The van der Waals surface area contributed by atoms with Gasteiger partial charge in [0.2, 0.25) is 0 Å². The Kier molecular flexibility index (Phi) is 4.52. The summed E-state index contributed by atoms with van der Waals surface area (Å²) in [5.74, 6) is 0.111. The van der Waals surface area contributed by atoms with Crippen LogP contribution in [0.5, 0.6) is 0 Å². The van der Waals surface area contributed by atoms with Crippen LogP contribution in [0.1, 0.15) is 29.8 Å². The van der Waals surface area contributed by atoms with Gasteiger partial charge in [0, 0.05) is 30.6 Å². The number of alkyl halides is 1. The van der Waals surface area contributed by atoms with E-state index in [4.69, 9.17) is 11.6 Å². The molecule has 0 bridgehead atoms. The lowest BCUT2D eigenvalue weighted by atomic mass is 10.0. The summed E-state index contributed by atoms with van der Waals surface area (Å²) in [6.45, 7) is 5.40. The molecule has 0 saturated carbocycles. The van der Waals surface area contributed by atoms with Gasteiger partial charge in [-0.1, -0.05) is 0 Å². The number of nitrogens with zero attached hydrogens (tertiary/aromatic N) is 2. The van der Waals surface area contributed by atoms with Crippen molar-refractivity contribution in [2.24, 2.45) is 0 Å². The second-order valence-corrected chi connectivity index (χ2v) is 5.33. The highest BCUT2D eigenvalue weighted by Crippen LogP contribution is 2.22. The molecule has 0 fully saturated rings. The van der Waals surface area contributed by atoms with E-state index in [0.29, 0.717) is 17.0 Å². The van der Waals surface area contributed by atoms with Crippen molar-refractivity contribution in [3.05, 3.63) is 39.4 Å². The van der Waals surface area contributed by atoms with Crippen molar-refractivity contribution in [3.8, 4) is 0 Å². The molecule has 0 saturated heterocycles. The van der Waals surface area contributed by atoms with Crippen LogP contribution >= 0.6 is 11.6 Å². The highest BCUT2D eigenvalue weighted by molar-refractivity contribution is 6.18. The fraction of sp³-hybridized carbons (Fsp3) is 0.462. The van der Waals surface area contributed by atoms with E-state index in [1.54, 1.807) is 18.9 Å². The average Bonchev–Trinajstić information content (AvgIpc) is 2.36. The summed E-state index contributed by atoms with van der Waals surface area (Å²) in [6.07, 6.45) is 0. The van der Waals surface area contributed by atoms with Crippen molar-refractivity contribution in [2.45, 2.75) is 26.3 Å². The summed E-state index contributed by atoms with van der Waals surface area (Å²) in [5.41, 5.74) is 0.531. The van der Waals surface area contributed by atoms with Crippen LogP contribution in [0.3, 0.4) is 0 Å². The van der Waals surface area contributed by atoms with Gasteiger partial charge in [-0.05, 0) is 32.4 Å². The molecule has 0 N–H and O–H groups in total. The van der Waals surface area contributed by atoms with Crippen LogP contribution in [0.2, 0.25) is 0 Å². The molecule has 1 rings (SSSR count). The highest BCUT2D eigenvalue weighted by atomic mass is 35.5. The quantitative estimate of drug-likeness (QED) is 0.485. The second kappa shape index (κ2) is 5.57. The van der Waals surface area contributed by atoms with E-state index in [2.05, 4.69) is 0 Å². The van der Waals surface area contributed by atoms with Gasteiger partial charge < -0.3 is 4.90 Å². The van der Waals surface area contributed by atoms with E-state index in [1.807, 2.05) is 13.8 Å². The van der Waals surface area contributed by atoms with Crippen LogP contribution in [0.15, 0.2) is 18.2 Å². The van der Waals surface area contributed by atoms with Crippen molar-refractivity contribution in [3.63, 3.8) is 0 Å². The van der Waals surface area contributed by atoms with Crippen LogP contribution < -0.4 is 0 Å². The number of rotatable bonds is 4. The molecule has 19 heavy (non-hydrogen) atoms. The van der Waals surface area contributed by atoms with Crippen molar-refractivity contribution in [1.82, 2.24) is 4.90 Å². The molecule has 0 atom stereocenters. The molecule has 1 aromatic rings. The third kappa shape index (κ3) is 3.23. The Morgan fingerprint density at radius 2 is 2.05 bits per heavy atom. The molecule has 0 aliphatic heterocycles. The highest BCUT2D eigenvalue weighted by Gasteiger charge is 2.28. The zero-order valence-electron chi connectivity index (χ0n) is 11.4. The van der Waals surface area contributed by atoms with Crippen LogP contribution in [0.4, 0.5) is 5.69 Å². The van der Waals surface area contributed by atoms with Gasteiger partial charge in [-0.25, -0.2) is 0 Å². The summed E-state index contributed by atoms with van der Waals surface area (Å²) in [4.78, 5) is 24.1. The Balaban J connectivity index is 3.11. The molecule has 0 heterocycles. The predicted octanol–water partition coefficient (Wildman–Crippen LogP) is 2.99. The molecule has 0 spiro atoms. The molecule has 0 aromatic heterocycles. The summed E-state index contributed by atoms with van der Waals surface area (Å²) in [5, 5.41) is 10.7. The molecule has 5 nitrogen and oxygen atoms in total. The number of carbonyl (C=O) groups is 1. The van der Waals surface area contributed by atoms with Crippen LogP contribution in [0.25, 0.3) is 0 Å². The first-order chi connectivity index (χ1) is 8.70. The number of hydrogen-bond acceptors (Lipinski definition) is 3. The van der Waals surface area contributed by atoms with E-state index in [-0.39, 0.29) is 11.6 Å². The smallest absolute Gasteiger partial charge is 0.269 e. The summed E-state index contributed by atoms with van der Waals surface area (Å²) >= 11 is 5.84. The third-order valence-corrected chi connectivity index (χ3v) is 3.84. The Bertz CT molecular complexity index is 515. The molecule has 0 unspecified atom stereocenters. The van der Waals surface area contributed by atoms with E-state index in [0.717, 1.165) is 0 Å². The molecule has 6 heteroatoms. The van der Waals surface area contributed by atoms with E-state index in [1.165, 1.54) is 18.2 Å². The monoisotopic (exact) mass is 284 g/mol. The molecule has 1 amide bonds. The summed E-state index contributed by atoms with van der Waals surface area (Å²) < 4.78 is 0. The molecule has 1 aromatic carbocycles. The maximum Gasteiger partial charge on any atom is 0.269 e. The SMILES string of the molecule is Cc1cc([N+](=O)[O-])ccc1C(=O)N(C)C(C)(C)CCl. The van der Waals surface area contributed by atoms with Gasteiger partial charge in [0.05, 0.1) is 10.5 Å². The number of aryl methyl sites for hydroxylation is 1. The maximum atomic E-state index is 12.3. The van der Waals surface area contributed by atoms with Gasteiger partial charge in [-0.15, -0.1) is 11.6 Å². The van der Waals surface area contributed by atoms with Gasteiger partial charge in [-0.2, -0.15) is 0 Å². The number of non-ortho nitro benzene ring substituents is 1. The van der Waals surface area contributed by atoms with Gasteiger partial charge in [-0.3, -0.25) is 14.9 Å². The normalized spacial score (nSPS) is 11.2. The van der Waals surface area contributed by atoms with Gasteiger partial charge in [0.25, 0.3) is 11.6 Å². The molecular weight excluding hydrogens is 268 g/mol. The van der Waals surface area contributed by atoms with E-state index >= 15 is 0 Å². The number of carbonyl (C=O) groups excluding carboxylic acids is 1. The largest absolute Gasteiger partial charge is 0.335 e. The first-order valence-corrected chi connectivity index (χ1v) is 6.33. The topological polar surface area (TPSA) is 63.5 Å². The lowest BCUT2D eigenvalue weighted by Crippen LogP contribution is -2.46. The average molecular weight is 285 g/mol. The fourth-order valence-electron chi connectivity index (χ4n) is 1.55. The Hall–Kier alpha value is -1.62. The van der Waals surface area contributed by atoms with Crippen molar-refractivity contribution in [2.75, 3.05) is 12.9 Å². The Labute approximate surface area is 117 Å². The molecule has 104 valence electrons. The maximum absolute atomic E-state index is 12.3. The molecular formula is C13H17ClN2O3. The number of amides is 1. The number of nitro benzene ring substituents is 1. The first kappa shape index (κ1) is 15.4. The minimum atomic E-state index is -0.479. The van der Waals surface area contributed by atoms with Crippen LogP contribution in [-0.4, -0.2) is 34.2 Å². The molecule has 0 aliphatic carbocycles. The van der Waals surface area contributed by atoms with Crippen molar-refractivity contribution < 1.29 is 9.72 Å². The van der Waals surface area contributed by atoms with Crippen molar-refractivity contribution in [1.29, 1.82) is 0 Å². The van der Waals surface area contributed by atoms with Gasteiger partial charge in [0.1, 0.15) is 0 Å². The predicted molar refractivity (Wildman–Crippen MR) is 74.7 cm³/mol. The number of benzene rings is 1. The minimum absolute atomic E-state index is 0.0201. The number of hydrogen-bond donors (Lipinski definition) is 0. The minimum Gasteiger partial charge on any atom is -0.335 e. The zero-order valence-corrected chi connectivity index (χ0v) is 12.2. The molecule has 0 radical (unpaired) electrons. The number of halogens is 1. The zero-order chi connectivity index (χ0) is 14.8. The van der Waals surface area contributed by atoms with Crippen LogP contribution in [0, 0.1) is 17.0 Å². The lowest BCUT2D eigenvalue weighted by molar-refractivity contribution is -0.384. The Morgan fingerprint density at radius 1 is 1.47 bits per heavy atom. The third-order valence-electron chi connectivity index (χ3n) is 3.19. The first-order valence-electron chi connectivity index (χ1n) is 5.80.